The van der Waals surface area contributed by atoms with Gasteiger partial charge in [-0.05, 0) is 74.3 Å². The third-order valence-corrected chi connectivity index (χ3v) is 6.46. The van der Waals surface area contributed by atoms with E-state index in [1.807, 2.05) is 50.2 Å². The van der Waals surface area contributed by atoms with Gasteiger partial charge < -0.3 is 19.6 Å². The molecule has 0 aromatic heterocycles. The average molecular weight is 491 g/mol. The van der Waals surface area contributed by atoms with Crippen molar-refractivity contribution in [3.05, 3.63) is 82.9 Å². The van der Waals surface area contributed by atoms with E-state index in [9.17, 15) is 14.7 Å². The topological polar surface area (TPSA) is 70.1 Å². The van der Waals surface area contributed by atoms with Gasteiger partial charge in [-0.1, -0.05) is 57.7 Å². The number of Topliss-reactive ketones (excluding diaryl/α,β-unsaturated/α-hetero) is 1. The van der Waals surface area contributed by atoms with Gasteiger partial charge in [0.25, 0.3) is 11.7 Å². The number of aliphatic hydroxyl groups is 1. The third kappa shape index (κ3) is 5.88. The normalized spacial score (nSPS) is 17.6. The molecular weight excluding hydrogens is 452 g/mol. The smallest absolute Gasteiger partial charge is 0.295 e. The van der Waals surface area contributed by atoms with Gasteiger partial charge in [0, 0.05) is 12.1 Å². The van der Waals surface area contributed by atoms with E-state index in [1.165, 1.54) is 0 Å². The molecular formula is C30H38N2O4. The van der Waals surface area contributed by atoms with Crippen molar-refractivity contribution in [3.8, 4) is 5.75 Å². The number of ether oxygens (including phenoxy) is 1. The van der Waals surface area contributed by atoms with Gasteiger partial charge >= 0.3 is 0 Å². The van der Waals surface area contributed by atoms with Crippen molar-refractivity contribution in [2.24, 2.45) is 0 Å². The molecule has 6 heteroatoms. The zero-order valence-corrected chi connectivity index (χ0v) is 22.3. The molecule has 0 aliphatic carbocycles. The average Bonchev–Trinajstić information content (AvgIpc) is 3.06. The van der Waals surface area contributed by atoms with Crippen molar-refractivity contribution in [1.29, 1.82) is 0 Å². The summed E-state index contributed by atoms with van der Waals surface area (Å²) in [5.74, 6) is -0.763. The molecule has 1 heterocycles. The van der Waals surface area contributed by atoms with Crippen LogP contribution in [0.2, 0.25) is 0 Å². The number of hydrogen-bond donors (Lipinski definition) is 1. The minimum atomic E-state index is -0.659. The first-order chi connectivity index (χ1) is 17.0. The van der Waals surface area contributed by atoms with Gasteiger partial charge in [0.2, 0.25) is 0 Å². The summed E-state index contributed by atoms with van der Waals surface area (Å²) in [5, 5.41) is 11.4. The number of hydrogen-bond acceptors (Lipinski definition) is 5. The first-order valence-electron chi connectivity index (χ1n) is 12.3. The summed E-state index contributed by atoms with van der Waals surface area (Å²) in [4.78, 5) is 30.1. The SMILES string of the molecule is C=CCOc1ccc(C(O)=C2C(=O)C(=O)N(CCCN(C)C)[C@@H]2c2ccc(C(C)(C)C)cc2)c(C)c1. The Kier molecular flexibility index (Phi) is 8.41. The van der Waals surface area contributed by atoms with Gasteiger partial charge in [0.05, 0.1) is 11.6 Å². The number of ketones is 1. The highest BCUT2D eigenvalue weighted by molar-refractivity contribution is 6.46. The lowest BCUT2D eigenvalue weighted by atomic mass is 9.85. The summed E-state index contributed by atoms with van der Waals surface area (Å²) in [6, 6.07) is 12.6. The molecule has 0 bridgehead atoms. The van der Waals surface area contributed by atoms with E-state index >= 15 is 0 Å². The highest BCUT2D eigenvalue weighted by Gasteiger charge is 2.46. The zero-order valence-electron chi connectivity index (χ0n) is 22.3. The van der Waals surface area contributed by atoms with Crippen LogP contribution in [0.3, 0.4) is 0 Å². The number of amides is 1. The Morgan fingerprint density at radius 2 is 1.81 bits per heavy atom. The van der Waals surface area contributed by atoms with Gasteiger partial charge in [-0.15, -0.1) is 0 Å². The van der Waals surface area contributed by atoms with E-state index in [1.54, 1.807) is 29.2 Å². The van der Waals surface area contributed by atoms with Crippen molar-refractivity contribution in [1.82, 2.24) is 9.80 Å². The van der Waals surface area contributed by atoms with E-state index in [0.717, 1.165) is 23.2 Å². The summed E-state index contributed by atoms with van der Waals surface area (Å²) in [6.45, 7) is 13.5. The Labute approximate surface area is 214 Å². The van der Waals surface area contributed by atoms with Crippen LogP contribution in [0, 0.1) is 6.92 Å². The first-order valence-corrected chi connectivity index (χ1v) is 12.3. The summed E-state index contributed by atoms with van der Waals surface area (Å²) in [6.07, 6.45) is 2.37. The minimum absolute atomic E-state index is 0.0292. The number of aliphatic hydroxyl groups excluding tert-OH is 1. The van der Waals surface area contributed by atoms with Gasteiger partial charge in [0.1, 0.15) is 18.1 Å². The molecule has 0 unspecified atom stereocenters. The predicted octanol–water partition coefficient (Wildman–Crippen LogP) is 5.23. The van der Waals surface area contributed by atoms with Crippen LogP contribution in [0.15, 0.2) is 60.7 Å². The monoisotopic (exact) mass is 490 g/mol. The maximum atomic E-state index is 13.3. The Morgan fingerprint density at radius 1 is 1.14 bits per heavy atom. The van der Waals surface area contributed by atoms with Crippen LogP contribution in [-0.2, 0) is 15.0 Å². The highest BCUT2D eigenvalue weighted by atomic mass is 16.5. The molecule has 1 atom stereocenters. The third-order valence-electron chi connectivity index (χ3n) is 6.46. The molecule has 0 spiro atoms. The molecule has 192 valence electrons. The van der Waals surface area contributed by atoms with Crippen LogP contribution < -0.4 is 4.74 Å². The van der Waals surface area contributed by atoms with Crippen LogP contribution in [0.5, 0.6) is 5.75 Å². The maximum Gasteiger partial charge on any atom is 0.295 e. The van der Waals surface area contributed by atoms with Crippen molar-refractivity contribution < 1.29 is 19.4 Å². The first kappa shape index (κ1) is 27.2. The molecule has 6 nitrogen and oxygen atoms in total. The molecule has 1 N–H and O–H groups in total. The molecule has 2 aromatic rings. The number of aryl methyl sites for hydroxylation is 1. The number of likely N-dealkylation sites (tertiary alicyclic amines) is 1. The zero-order chi connectivity index (χ0) is 26.6. The lowest BCUT2D eigenvalue weighted by Gasteiger charge is -2.27. The molecule has 2 aromatic carbocycles. The van der Waals surface area contributed by atoms with Gasteiger partial charge in [-0.3, -0.25) is 9.59 Å². The highest BCUT2D eigenvalue weighted by Crippen LogP contribution is 2.40. The van der Waals surface area contributed by atoms with Crippen molar-refractivity contribution in [2.45, 2.75) is 45.6 Å². The fourth-order valence-corrected chi connectivity index (χ4v) is 4.47. The summed E-state index contributed by atoms with van der Waals surface area (Å²) >= 11 is 0. The second-order valence-corrected chi connectivity index (χ2v) is 10.6. The van der Waals surface area contributed by atoms with Crippen LogP contribution in [-0.4, -0.2) is 60.4 Å². The molecule has 1 fully saturated rings. The van der Waals surface area contributed by atoms with E-state index < -0.39 is 17.7 Å². The molecule has 3 rings (SSSR count). The van der Waals surface area contributed by atoms with Crippen molar-refractivity contribution in [3.63, 3.8) is 0 Å². The molecule has 1 aliphatic heterocycles. The Balaban J connectivity index is 2.10. The summed E-state index contributed by atoms with van der Waals surface area (Å²) in [7, 11) is 3.95. The number of carbonyl (C=O) groups is 2. The van der Waals surface area contributed by atoms with E-state index in [4.69, 9.17) is 4.74 Å². The molecule has 0 radical (unpaired) electrons. The van der Waals surface area contributed by atoms with Crippen LogP contribution >= 0.6 is 0 Å². The van der Waals surface area contributed by atoms with Gasteiger partial charge in [0.15, 0.2) is 0 Å². The molecule has 1 saturated heterocycles. The second-order valence-electron chi connectivity index (χ2n) is 10.6. The number of carbonyl (C=O) groups excluding carboxylic acids is 2. The quantitative estimate of drug-likeness (QED) is 0.226. The fraction of sp³-hybridized carbons (Fsp3) is 0.400. The van der Waals surface area contributed by atoms with Crippen LogP contribution in [0.4, 0.5) is 0 Å². The van der Waals surface area contributed by atoms with Crippen molar-refractivity contribution in [2.75, 3.05) is 33.8 Å². The lowest BCUT2D eigenvalue weighted by Crippen LogP contribution is -2.32. The fourth-order valence-electron chi connectivity index (χ4n) is 4.47. The van der Waals surface area contributed by atoms with Crippen LogP contribution in [0.25, 0.3) is 5.76 Å². The summed E-state index contributed by atoms with van der Waals surface area (Å²) < 4.78 is 5.60. The Bertz CT molecular complexity index is 1160. The molecule has 1 amide bonds. The number of nitrogens with zero attached hydrogens (tertiary/aromatic N) is 2. The van der Waals surface area contributed by atoms with E-state index in [0.29, 0.717) is 30.9 Å². The van der Waals surface area contributed by atoms with Crippen molar-refractivity contribution >= 4 is 17.4 Å². The standard InChI is InChI=1S/C30H38N2O4/c1-8-18-36-23-14-15-24(20(2)19-23)27(33)25-26(21-10-12-22(13-11-21)30(3,4)5)32(29(35)28(25)34)17-9-16-31(6)7/h8,10-15,19,26,33H,1,9,16-18H2,2-7H3/t26-/m1/s1. The Hall–Kier alpha value is -3.38. The van der Waals surface area contributed by atoms with Gasteiger partial charge in [-0.2, -0.15) is 0 Å². The summed E-state index contributed by atoms with van der Waals surface area (Å²) in [5.41, 5.74) is 3.30. The number of benzene rings is 2. The second kappa shape index (κ2) is 11.1. The minimum Gasteiger partial charge on any atom is -0.507 e. The largest absolute Gasteiger partial charge is 0.507 e. The molecule has 1 aliphatic rings. The molecule has 0 saturated carbocycles. The Morgan fingerprint density at radius 3 is 2.36 bits per heavy atom. The predicted molar refractivity (Wildman–Crippen MR) is 144 cm³/mol. The maximum absolute atomic E-state index is 13.3. The number of rotatable bonds is 9. The van der Waals surface area contributed by atoms with Crippen LogP contribution in [0.1, 0.15) is 55.5 Å². The van der Waals surface area contributed by atoms with E-state index in [-0.39, 0.29) is 16.7 Å². The van der Waals surface area contributed by atoms with E-state index in [2.05, 4.69) is 27.4 Å². The lowest BCUT2D eigenvalue weighted by molar-refractivity contribution is -0.139. The van der Waals surface area contributed by atoms with Gasteiger partial charge in [-0.25, -0.2) is 0 Å². The molecule has 36 heavy (non-hydrogen) atoms.